The first-order valence-electron chi connectivity index (χ1n) is 7.35. The van der Waals surface area contributed by atoms with Crippen LogP contribution in [0.4, 0.5) is 0 Å². The molecule has 0 saturated carbocycles. The lowest BCUT2D eigenvalue weighted by atomic mass is 10.0. The third-order valence-electron chi connectivity index (χ3n) is 3.78. The number of carbonyl (C=O) groups excluding carboxylic acids is 2. The number of H-pyrrole nitrogens is 1. The van der Waals surface area contributed by atoms with Crippen molar-refractivity contribution in [1.82, 2.24) is 10.3 Å². The Morgan fingerprint density at radius 2 is 1.74 bits per heavy atom. The van der Waals surface area contributed by atoms with Crippen molar-refractivity contribution >= 4 is 22.7 Å². The predicted octanol–water partition coefficient (Wildman–Crippen LogP) is 1.99. The Morgan fingerprint density at radius 3 is 2.48 bits per heavy atom. The molecule has 116 valence electrons. The molecule has 1 atom stereocenters. The summed E-state index contributed by atoms with van der Waals surface area (Å²) in [5, 5.41) is 3.73. The molecule has 0 unspecified atom stereocenters. The van der Waals surface area contributed by atoms with E-state index in [1.807, 2.05) is 36.5 Å². The monoisotopic (exact) mass is 307 g/mol. The highest BCUT2D eigenvalue weighted by atomic mass is 16.2. The van der Waals surface area contributed by atoms with Gasteiger partial charge in [-0.15, -0.1) is 0 Å². The third kappa shape index (κ3) is 3.23. The summed E-state index contributed by atoms with van der Waals surface area (Å²) in [7, 11) is 0. The van der Waals surface area contributed by atoms with Crippen molar-refractivity contribution in [3.8, 4) is 0 Å². The van der Waals surface area contributed by atoms with Gasteiger partial charge in [0.2, 0.25) is 5.91 Å². The molecule has 1 aromatic heterocycles. The number of nitrogens with two attached hydrogens (primary N) is 1. The van der Waals surface area contributed by atoms with Crippen LogP contribution in [-0.4, -0.2) is 22.8 Å². The molecule has 5 nitrogen and oxygen atoms in total. The summed E-state index contributed by atoms with van der Waals surface area (Å²) in [4.78, 5) is 27.1. The number of nitrogens with one attached hydrogen (secondary N) is 2. The number of hydrogen-bond acceptors (Lipinski definition) is 2. The quantitative estimate of drug-likeness (QED) is 0.673. The second-order valence-electron chi connectivity index (χ2n) is 5.36. The Morgan fingerprint density at radius 1 is 1.04 bits per heavy atom. The summed E-state index contributed by atoms with van der Waals surface area (Å²) in [6.45, 7) is 0. The van der Waals surface area contributed by atoms with Crippen molar-refractivity contribution in [1.29, 1.82) is 0 Å². The minimum atomic E-state index is -0.762. The van der Waals surface area contributed by atoms with E-state index >= 15 is 0 Å². The highest BCUT2D eigenvalue weighted by Crippen LogP contribution is 2.19. The molecule has 3 rings (SSSR count). The van der Waals surface area contributed by atoms with E-state index in [9.17, 15) is 9.59 Å². The predicted molar refractivity (Wildman–Crippen MR) is 88.9 cm³/mol. The number of primary amides is 1. The van der Waals surface area contributed by atoms with Gasteiger partial charge in [-0.3, -0.25) is 9.59 Å². The zero-order valence-electron chi connectivity index (χ0n) is 12.5. The normalized spacial score (nSPS) is 12.0. The molecule has 0 bridgehead atoms. The number of amides is 2. The van der Waals surface area contributed by atoms with Crippen molar-refractivity contribution in [3.05, 3.63) is 71.9 Å². The lowest BCUT2D eigenvalue weighted by molar-refractivity contribution is -0.119. The van der Waals surface area contributed by atoms with E-state index in [2.05, 4.69) is 10.3 Å². The van der Waals surface area contributed by atoms with E-state index in [-0.39, 0.29) is 5.91 Å². The minimum Gasteiger partial charge on any atom is -0.368 e. The SMILES string of the molecule is NC(=O)[C@@H](Cc1c[nH]c2ccccc12)NC(=O)c1ccccc1. The average molecular weight is 307 g/mol. The van der Waals surface area contributed by atoms with Gasteiger partial charge in [0.15, 0.2) is 0 Å². The highest BCUT2D eigenvalue weighted by molar-refractivity contribution is 5.97. The van der Waals surface area contributed by atoms with Crippen LogP contribution in [0, 0.1) is 0 Å². The largest absolute Gasteiger partial charge is 0.368 e. The van der Waals surface area contributed by atoms with E-state index < -0.39 is 11.9 Å². The molecule has 23 heavy (non-hydrogen) atoms. The average Bonchev–Trinajstić information content (AvgIpc) is 2.98. The molecule has 0 spiro atoms. The Kier molecular flexibility index (Phi) is 4.10. The van der Waals surface area contributed by atoms with Crippen LogP contribution in [0.15, 0.2) is 60.8 Å². The maximum absolute atomic E-state index is 12.2. The second kappa shape index (κ2) is 6.36. The van der Waals surface area contributed by atoms with Crippen molar-refractivity contribution < 1.29 is 9.59 Å². The van der Waals surface area contributed by atoms with Crippen LogP contribution >= 0.6 is 0 Å². The maximum atomic E-state index is 12.2. The molecule has 2 aromatic carbocycles. The van der Waals surface area contributed by atoms with Gasteiger partial charge in [-0.25, -0.2) is 0 Å². The van der Waals surface area contributed by atoms with Gasteiger partial charge < -0.3 is 16.0 Å². The van der Waals surface area contributed by atoms with Gasteiger partial charge in [0.25, 0.3) is 5.91 Å². The topological polar surface area (TPSA) is 88.0 Å². The summed E-state index contributed by atoms with van der Waals surface area (Å²) < 4.78 is 0. The summed E-state index contributed by atoms with van der Waals surface area (Å²) in [5.74, 6) is -0.867. The summed E-state index contributed by atoms with van der Waals surface area (Å²) in [5.41, 5.74) is 7.89. The standard InChI is InChI=1S/C18H17N3O2/c19-17(22)16(21-18(23)12-6-2-1-3-7-12)10-13-11-20-15-9-5-4-8-14(13)15/h1-9,11,16,20H,10H2,(H2,19,22)(H,21,23)/t16-/m1/s1. The number of carbonyl (C=O) groups is 2. The first-order chi connectivity index (χ1) is 11.1. The van der Waals surface area contributed by atoms with Gasteiger partial charge in [0.05, 0.1) is 0 Å². The molecule has 4 N–H and O–H groups in total. The number of hydrogen-bond donors (Lipinski definition) is 3. The number of benzene rings is 2. The number of rotatable bonds is 5. The molecule has 0 saturated heterocycles. The fraction of sp³-hybridized carbons (Fsp3) is 0.111. The Labute approximate surface area is 133 Å². The molecule has 0 aliphatic rings. The molecule has 1 heterocycles. The minimum absolute atomic E-state index is 0.311. The van der Waals surface area contributed by atoms with Gasteiger partial charge in [-0.1, -0.05) is 36.4 Å². The number of para-hydroxylation sites is 1. The summed E-state index contributed by atoms with van der Waals surface area (Å²) >= 11 is 0. The third-order valence-corrected chi connectivity index (χ3v) is 3.78. The van der Waals surface area contributed by atoms with Crippen LogP contribution in [0.3, 0.4) is 0 Å². The Bertz CT molecular complexity index is 840. The van der Waals surface area contributed by atoms with Crippen LogP contribution in [-0.2, 0) is 11.2 Å². The van der Waals surface area contributed by atoms with Crippen LogP contribution in [0.2, 0.25) is 0 Å². The summed E-state index contributed by atoms with van der Waals surface area (Å²) in [6, 6.07) is 15.8. The van der Waals surface area contributed by atoms with Crippen molar-refractivity contribution in [2.75, 3.05) is 0 Å². The van der Waals surface area contributed by atoms with Gasteiger partial charge in [0, 0.05) is 29.1 Å². The maximum Gasteiger partial charge on any atom is 0.251 e. The van der Waals surface area contributed by atoms with Crippen molar-refractivity contribution in [2.45, 2.75) is 12.5 Å². The van der Waals surface area contributed by atoms with Crippen LogP contribution in [0.1, 0.15) is 15.9 Å². The van der Waals surface area contributed by atoms with Crippen LogP contribution < -0.4 is 11.1 Å². The lowest BCUT2D eigenvalue weighted by Crippen LogP contribution is -2.45. The van der Waals surface area contributed by atoms with Crippen LogP contribution in [0.5, 0.6) is 0 Å². The van der Waals surface area contributed by atoms with Gasteiger partial charge >= 0.3 is 0 Å². The van der Waals surface area contributed by atoms with Gasteiger partial charge in [-0.2, -0.15) is 0 Å². The first kappa shape index (κ1) is 14.8. The van der Waals surface area contributed by atoms with E-state index in [4.69, 9.17) is 5.73 Å². The lowest BCUT2D eigenvalue weighted by Gasteiger charge is -2.15. The number of fused-ring (bicyclic) bond motifs is 1. The molecule has 0 fully saturated rings. The molecule has 5 heteroatoms. The smallest absolute Gasteiger partial charge is 0.251 e. The molecule has 0 aliphatic carbocycles. The highest BCUT2D eigenvalue weighted by Gasteiger charge is 2.20. The number of aromatic amines is 1. The van der Waals surface area contributed by atoms with Gasteiger partial charge in [-0.05, 0) is 23.8 Å². The summed E-state index contributed by atoms with van der Waals surface area (Å²) in [6.07, 6.45) is 2.19. The zero-order chi connectivity index (χ0) is 16.2. The van der Waals surface area contributed by atoms with E-state index in [0.29, 0.717) is 12.0 Å². The van der Waals surface area contributed by atoms with E-state index in [0.717, 1.165) is 16.5 Å². The molecule has 0 aliphatic heterocycles. The van der Waals surface area contributed by atoms with E-state index in [1.54, 1.807) is 24.3 Å². The molecular weight excluding hydrogens is 290 g/mol. The molecule has 3 aromatic rings. The second-order valence-corrected chi connectivity index (χ2v) is 5.36. The van der Waals surface area contributed by atoms with E-state index in [1.165, 1.54) is 0 Å². The zero-order valence-corrected chi connectivity index (χ0v) is 12.5. The van der Waals surface area contributed by atoms with Crippen molar-refractivity contribution in [2.24, 2.45) is 5.73 Å². The fourth-order valence-corrected chi connectivity index (χ4v) is 2.57. The first-order valence-corrected chi connectivity index (χ1v) is 7.35. The van der Waals surface area contributed by atoms with Gasteiger partial charge in [0.1, 0.15) is 6.04 Å². The molecule has 2 amide bonds. The fourth-order valence-electron chi connectivity index (χ4n) is 2.57. The Hall–Kier alpha value is -3.08. The van der Waals surface area contributed by atoms with Crippen LogP contribution in [0.25, 0.3) is 10.9 Å². The molecular formula is C18H17N3O2. The molecule has 0 radical (unpaired) electrons. The van der Waals surface area contributed by atoms with Crippen molar-refractivity contribution in [3.63, 3.8) is 0 Å². The Balaban J connectivity index is 1.80. The number of aromatic nitrogens is 1.